The molecule has 1 nitrogen and oxygen atoms in total. The summed E-state index contributed by atoms with van der Waals surface area (Å²) >= 11 is 0. The lowest BCUT2D eigenvalue weighted by Crippen LogP contribution is -2.42. The van der Waals surface area contributed by atoms with E-state index in [2.05, 4.69) is 34.6 Å². The monoisotopic (exact) mass is 155 g/mol. The fourth-order valence-corrected chi connectivity index (χ4v) is 2.11. The first-order valence-corrected chi connectivity index (χ1v) is 4.58. The molecule has 0 aliphatic heterocycles. The number of nitrogens with two attached hydrogens (primary N) is 1. The second-order valence-electron chi connectivity index (χ2n) is 5.19. The van der Waals surface area contributed by atoms with Crippen LogP contribution in [0.2, 0.25) is 0 Å². The Morgan fingerprint density at radius 3 is 2.00 bits per heavy atom. The first-order chi connectivity index (χ1) is 4.79. The summed E-state index contributed by atoms with van der Waals surface area (Å²) in [5.41, 5.74) is 6.51. The third-order valence-corrected chi connectivity index (χ3v) is 3.58. The van der Waals surface area contributed by atoms with Crippen LogP contribution in [-0.2, 0) is 0 Å². The minimum absolute atomic E-state index is 0.00192. The molecule has 2 N–H and O–H groups in total. The molecule has 0 aromatic heterocycles. The van der Waals surface area contributed by atoms with E-state index in [-0.39, 0.29) is 5.54 Å². The molecule has 0 aromatic rings. The van der Waals surface area contributed by atoms with Crippen LogP contribution in [0.3, 0.4) is 0 Å². The summed E-state index contributed by atoms with van der Waals surface area (Å²) in [6.07, 6.45) is 1.31. The number of hydrogen-bond acceptors (Lipinski definition) is 1. The standard InChI is InChI=1S/C10H21N/c1-7(2)8-6-10(8,5)9(3,4)11/h7-8H,6,11H2,1-5H3. The zero-order chi connectivity index (χ0) is 8.86. The van der Waals surface area contributed by atoms with Gasteiger partial charge in [-0.3, -0.25) is 0 Å². The van der Waals surface area contributed by atoms with Crippen LogP contribution in [0, 0.1) is 17.3 Å². The van der Waals surface area contributed by atoms with E-state index in [1.807, 2.05) is 0 Å². The summed E-state index contributed by atoms with van der Waals surface area (Å²) in [4.78, 5) is 0. The lowest BCUT2D eigenvalue weighted by molar-refractivity contribution is 0.271. The molecule has 0 bridgehead atoms. The Labute approximate surface area is 70.4 Å². The van der Waals surface area contributed by atoms with Gasteiger partial charge in [-0.15, -0.1) is 0 Å². The molecular formula is C10H21N. The molecule has 0 aromatic carbocycles. The van der Waals surface area contributed by atoms with E-state index in [0.29, 0.717) is 5.41 Å². The second-order valence-corrected chi connectivity index (χ2v) is 5.19. The zero-order valence-electron chi connectivity index (χ0n) is 8.44. The SMILES string of the molecule is CC(C)C1CC1(C)C(C)(C)N. The van der Waals surface area contributed by atoms with Crippen LogP contribution in [0.1, 0.15) is 41.0 Å². The fourth-order valence-electron chi connectivity index (χ4n) is 2.11. The molecule has 0 heterocycles. The summed E-state index contributed by atoms with van der Waals surface area (Å²) in [7, 11) is 0. The Bertz CT molecular complexity index is 155. The van der Waals surface area contributed by atoms with Gasteiger partial charge in [0.25, 0.3) is 0 Å². The van der Waals surface area contributed by atoms with Gasteiger partial charge < -0.3 is 5.73 Å². The lowest BCUT2D eigenvalue weighted by Gasteiger charge is -2.29. The summed E-state index contributed by atoms with van der Waals surface area (Å²) < 4.78 is 0. The molecule has 1 rings (SSSR count). The molecule has 0 spiro atoms. The maximum atomic E-state index is 6.10. The van der Waals surface area contributed by atoms with Gasteiger partial charge in [-0.05, 0) is 37.5 Å². The smallest absolute Gasteiger partial charge is 0.0154 e. The van der Waals surface area contributed by atoms with Gasteiger partial charge in [-0.25, -0.2) is 0 Å². The maximum Gasteiger partial charge on any atom is 0.0154 e. The largest absolute Gasteiger partial charge is 0.325 e. The van der Waals surface area contributed by atoms with Crippen LogP contribution in [0.5, 0.6) is 0 Å². The van der Waals surface area contributed by atoms with Crippen molar-refractivity contribution in [1.29, 1.82) is 0 Å². The normalized spacial score (nSPS) is 37.9. The molecule has 0 saturated heterocycles. The maximum absolute atomic E-state index is 6.10. The minimum Gasteiger partial charge on any atom is -0.325 e. The quantitative estimate of drug-likeness (QED) is 0.651. The molecule has 11 heavy (non-hydrogen) atoms. The van der Waals surface area contributed by atoms with E-state index >= 15 is 0 Å². The van der Waals surface area contributed by atoms with Crippen molar-refractivity contribution in [3.8, 4) is 0 Å². The summed E-state index contributed by atoms with van der Waals surface area (Å²) in [5, 5.41) is 0. The van der Waals surface area contributed by atoms with Gasteiger partial charge >= 0.3 is 0 Å². The Morgan fingerprint density at radius 1 is 1.45 bits per heavy atom. The zero-order valence-corrected chi connectivity index (χ0v) is 8.44. The Balaban J connectivity index is 2.63. The summed E-state index contributed by atoms with van der Waals surface area (Å²) in [6.45, 7) is 11.2. The summed E-state index contributed by atoms with van der Waals surface area (Å²) in [5.74, 6) is 1.64. The molecule has 2 unspecified atom stereocenters. The van der Waals surface area contributed by atoms with Crippen LogP contribution < -0.4 is 5.73 Å². The highest BCUT2D eigenvalue weighted by Gasteiger charge is 2.58. The Hall–Kier alpha value is -0.0400. The van der Waals surface area contributed by atoms with Gasteiger partial charge in [0.2, 0.25) is 0 Å². The van der Waals surface area contributed by atoms with Gasteiger partial charge in [-0.2, -0.15) is 0 Å². The van der Waals surface area contributed by atoms with Crippen molar-refractivity contribution in [2.24, 2.45) is 23.0 Å². The van der Waals surface area contributed by atoms with E-state index < -0.39 is 0 Å². The fraction of sp³-hybridized carbons (Fsp3) is 1.00. The number of hydrogen-bond donors (Lipinski definition) is 1. The number of rotatable bonds is 2. The van der Waals surface area contributed by atoms with Crippen molar-refractivity contribution >= 4 is 0 Å². The van der Waals surface area contributed by atoms with Crippen molar-refractivity contribution in [3.05, 3.63) is 0 Å². The highest BCUT2D eigenvalue weighted by molar-refractivity contribution is 5.10. The van der Waals surface area contributed by atoms with Crippen molar-refractivity contribution in [2.45, 2.75) is 46.6 Å². The molecule has 1 aliphatic rings. The van der Waals surface area contributed by atoms with Crippen LogP contribution in [-0.4, -0.2) is 5.54 Å². The molecule has 0 radical (unpaired) electrons. The van der Waals surface area contributed by atoms with Crippen molar-refractivity contribution in [3.63, 3.8) is 0 Å². The van der Waals surface area contributed by atoms with Crippen LogP contribution >= 0.6 is 0 Å². The highest BCUT2D eigenvalue weighted by Crippen LogP contribution is 2.61. The van der Waals surface area contributed by atoms with E-state index in [1.165, 1.54) is 6.42 Å². The van der Waals surface area contributed by atoms with Gasteiger partial charge in [-0.1, -0.05) is 20.8 Å². The molecule has 2 atom stereocenters. The average Bonchev–Trinajstić information content (AvgIpc) is 2.40. The molecule has 1 heteroatoms. The first-order valence-electron chi connectivity index (χ1n) is 4.58. The van der Waals surface area contributed by atoms with Crippen molar-refractivity contribution in [2.75, 3.05) is 0 Å². The van der Waals surface area contributed by atoms with E-state index in [9.17, 15) is 0 Å². The van der Waals surface area contributed by atoms with Gasteiger partial charge in [0.05, 0.1) is 0 Å². The van der Waals surface area contributed by atoms with E-state index in [4.69, 9.17) is 5.73 Å². The van der Waals surface area contributed by atoms with Crippen LogP contribution in [0.4, 0.5) is 0 Å². The predicted molar refractivity (Wildman–Crippen MR) is 49.3 cm³/mol. The third-order valence-electron chi connectivity index (χ3n) is 3.58. The van der Waals surface area contributed by atoms with E-state index in [0.717, 1.165) is 11.8 Å². The molecule has 1 aliphatic carbocycles. The first kappa shape index (κ1) is 9.05. The summed E-state index contributed by atoms with van der Waals surface area (Å²) in [6, 6.07) is 0. The Morgan fingerprint density at radius 2 is 1.91 bits per heavy atom. The minimum atomic E-state index is 0.00192. The molecule has 66 valence electrons. The van der Waals surface area contributed by atoms with Gasteiger partial charge in [0, 0.05) is 5.54 Å². The van der Waals surface area contributed by atoms with Crippen LogP contribution in [0.15, 0.2) is 0 Å². The Kier molecular flexibility index (Phi) is 1.83. The van der Waals surface area contributed by atoms with Gasteiger partial charge in [0.15, 0.2) is 0 Å². The van der Waals surface area contributed by atoms with E-state index in [1.54, 1.807) is 0 Å². The second kappa shape index (κ2) is 2.22. The topological polar surface area (TPSA) is 26.0 Å². The third kappa shape index (κ3) is 1.31. The van der Waals surface area contributed by atoms with Gasteiger partial charge in [0.1, 0.15) is 0 Å². The average molecular weight is 155 g/mol. The van der Waals surface area contributed by atoms with Crippen molar-refractivity contribution in [1.82, 2.24) is 0 Å². The molecule has 0 amide bonds. The lowest BCUT2D eigenvalue weighted by atomic mass is 9.82. The molecule has 1 fully saturated rings. The van der Waals surface area contributed by atoms with Crippen molar-refractivity contribution < 1.29 is 0 Å². The highest BCUT2D eigenvalue weighted by atomic mass is 14.8. The molecular weight excluding hydrogens is 134 g/mol. The predicted octanol–water partition coefficient (Wildman–Crippen LogP) is 2.41. The molecule has 1 saturated carbocycles. The van der Waals surface area contributed by atoms with Crippen LogP contribution in [0.25, 0.3) is 0 Å².